The summed E-state index contributed by atoms with van der Waals surface area (Å²) in [6.45, 7) is 2.41. The first kappa shape index (κ1) is 20.5. The monoisotopic (exact) mass is 379 g/mol. The summed E-state index contributed by atoms with van der Waals surface area (Å²) in [7, 11) is 0. The zero-order valence-corrected chi connectivity index (χ0v) is 15.4. The molecule has 0 fully saturated rings. The molecule has 0 heterocycles. The number of carbonyl (C=O) groups excluding carboxylic acids is 2. The van der Waals surface area contributed by atoms with Gasteiger partial charge in [0.1, 0.15) is 17.4 Å². The van der Waals surface area contributed by atoms with Crippen molar-refractivity contribution in [1.82, 2.24) is 5.32 Å². The second-order valence-electron chi connectivity index (χ2n) is 5.76. The molecule has 0 aliphatic heterocycles. The fourth-order valence-electron chi connectivity index (χ4n) is 2.37. The Bertz CT molecular complexity index is 899. The molecule has 0 spiro atoms. The normalized spacial score (nSPS) is 10.6. The Morgan fingerprint density at radius 3 is 2.57 bits per heavy atom. The number of hydrogen-bond acceptors (Lipinski definition) is 6. The van der Waals surface area contributed by atoms with Gasteiger partial charge < -0.3 is 20.5 Å². The molecular weight excluding hydrogens is 358 g/mol. The number of rotatable bonds is 8. The van der Waals surface area contributed by atoms with Gasteiger partial charge >= 0.3 is 5.97 Å². The molecule has 0 aliphatic carbocycles. The fraction of sp³-hybridized carbons (Fsp3) is 0.190. The molecule has 2 aromatic carbocycles. The third kappa shape index (κ3) is 5.88. The van der Waals surface area contributed by atoms with Gasteiger partial charge in [-0.25, -0.2) is 4.79 Å². The van der Waals surface area contributed by atoms with E-state index in [1.165, 1.54) is 6.20 Å². The summed E-state index contributed by atoms with van der Waals surface area (Å²) in [5, 5.41) is 24.0. The van der Waals surface area contributed by atoms with Crippen LogP contribution in [0, 0.1) is 11.3 Å². The number of phenolic OH excluding ortho intramolecular Hbond substituents is 1. The van der Waals surface area contributed by atoms with Gasteiger partial charge in [0.05, 0.1) is 17.9 Å². The molecule has 2 aromatic rings. The molecule has 1 amide bonds. The van der Waals surface area contributed by atoms with Crippen LogP contribution in [0.1, 0.15) is 22.8 Å². The van der Waals surface area contributed by atoms with E-state index >= 15 is 0 Å². The number of amides is 1. The number of hydrogen-bond donors (Lipinski definition) is 3. The molecule has 0 saturated carbocycles. The topological polar surface area (TPSA) is 111 Å². The van der Waals surface area contributed by atoms with Crippen LogP contribution in [0.25, 0.3) is 0 Å². The van der Waals surface area contributed by atoms with E-state index in [1.54, 1.807) is 55.5 Å². The number of nitrogens with one attached hydrogen (secondary N) is 2. The Hall–Kier alpha value is -3.79. The number of aromatic hydroxyl groups is 1. The lowest BCUT2D eigenvalue weighted by molar-refractivity contribution is -0.112. The number of carbonyl (C=O) groups is 2. The number of para-hydroxylation sites is 1. The van der Waals surface area contributed by atoms with Gasteiger partial charge in [-0.05, 0) is 43.2 Å². The van der Waals surface area contributed by atoms with Crippen molar-refractivity contribution >= 4 is 17.6 Å². The van der Waals surface area contributed by atoms with E-state index in [-0.39, 0.29) is 29.2 Å². The lowest BCUT2D eigenvalue weighted by Crippen LogP contribution is -2.19. The number of benzene rings is 2. The summed E-state index contributed by atoms with van der Waals surface area (Å²) in [6.07, 6.45) is 1.99. The predicted octanol–water partition coefficient (Wildman–Crippen LogP) is 2.75. The smallest absolute Gasteiger partial charge is 0.340 e. The number of anilines is 1. The van der Waals surface area contributed by atoms with Crippen LogP contribution in [0.2, 0.25) is 0 Å². The third-order valence-corrected chi connectivity index (χ3v) is 3.78. The molecule has 3 N–H and O–H groups in total. The molecule has 0 radical (unpaired) electrons. The second kappa shape index (κ2) is 10.4. The van der Waals surface area contributed by atoms with Crippen molar-refractivity contribution in [3.63, 3.8) is 0 Å². The highest BCUT2D eigenvalue weighted by molar-refractivity contribution is 6.09. The molecule has 7 nitrogen and oxygen atoms in total. The number of nitrogens with zero attached hydrogens (tertiary/aromatic N) is 1. The molecule has 0 atom stereocenters. The molecule has 0 unspecified atom stereocenters. The molecule has 144 valence electrons. The maximum Gasteiger partial charge on any atom is 0.340 e. The van der Waals surface area contributed by atoms with Gasteiger partial charge in [0, 0.05) is 12.7 Å². The van der Waals surface area contributed by atoms with Gasteiger partial charge in [-0.3, -0.25) is 4.79 Å². The minimum absolute atomic E-state index is 0.121. The molecule has 0 saturated heterocycles. The molecule has 0 bridgehead atoms. The van der Waals surface area contributed by atoms with Gasteiger partial charge in [-0.1, -0.05) is 24.3 Å². The summed E-state index contributed by atoms with van der Waals surface area (Å²) < 4.78 is 4.97. The number of ether oxygens (including phenoxy) is 1. The van der Waals surface area contributed by atoms with E-state index in [9.17, 15) is 20.0 Å². The predicted molar refractivity (Wildman–Crippen MR) is 105 cm³/mol. The Kier molecular flexibility index (Phi) is 7.61. The largest absolute Gasteiger partial charge is 0.508 e. The van der Waals surface area contributed by atoms with Crippen LogP contribution in [-0.2, 0) is 16.0 Å². The van der Waals surface area contributed by atoms with Crippen molar-refractivity contribution < 1.29 is 19.4 Å². The highest BCUT2D eigenvalue weighted by atomic mass is 16.5. The van der Waals surface area contributed by atoms with Crippen molar-refractivity contribution in [2.75, 3.05) is 18.5 Å². The summed E-state index contributed by atoms with van der Waals surface area (Å²) >= 11 is 0. The van der Waals surface area contributed by atoms with Gasteiger partial charge in [-0.15, -0.1) is 0 Å². The number of esters is 1. The Balaban J connectivity index is 1.98. The van der Waals surface area contributed by atoms with Crippen LogP contribution in [-0.4, -0.2) is 30.1 Å². The first-order valence-corrected chi connectivity index (χ1v) is 8.74. The van der Waals surface area contributed by atoms with Crippen molar-refractivity contribution in [2.24, 2.45) is 0 Å². The first-order chi connectivity index (χ1) is 13.5. The zero-order valence-electron chi connectivity index (χ0n) is 15.4. The fourth-order valence-corrected chi connectivity index (χ4v) is 2.37. The molecule has 2 rings (SSSR count). The SMILES string of the molecule is CCOC(=O)c1ccccc1NC(=O)/C(C#N)=C\NCCc1ccc(O)cc1. The Morgan fingerprint density at radius 2 is 1.89 bits per heavy atom. The van der Waals surface area contributed by atoms with Crippen molar-refractivity contribution in [3.8, 4) is 11.8 Å². The van der Waals surface area contributed by atoms with Gasteiger partial charge in [0.15, 0.2) is 0 Å². The minimum atomic E-state index is -0.628. The van der Waals surface area contributed by atoms with E-state index < -0.39 is 11.9 Å². The van der Waals surface area contributed by atoms with Crippen LogP contribution < -0.4 is 10.6 Å². The molecule has 0 aliphatic rings. The quantitative estimate of drug-likeness (QED) is 0.281. The van der Waals surface area contributed by atoms with Crippen molar-refractivity contribution in [1.29, 1.82) is 5.26 Å². The highest BCUT2D eigenvalue weighted by Crippen LogP contribution is 2.17. The van der Waals surface area contributed by atoms with Crippen LogP contribution in [0.15, 0.2) is 60.3 Å². The lowest BCUT2D eigenvalue weighted by Gasteiger charge is -2.10. The van der Waals surface area contributed by atoms with Gasteiger partial charge in [-0.2, -0.15) is 5.26 Å². The summed E-state index contributed by atoms with van der Waals surface area (Å²) in [5.41, 5.74) is 1.38. The van der Waals surface area contributed by atoms with Gasteiger partial charge in [0.25, 0.3) is 5.91 Å². The van der Waals surface area contributed by atoms with E-state index in [1.807, 2.05) is 6.07 Å². The number of phenols is 1. The first-order valence-electron chi connectivity index (χ1n) is 8.74. The minimum Gasteiger partial charge on any atom is -0.508 e. The maximum atomic E-state index is 12.4. The molecular formula is C21H21N3O4. The number of nitriles is 1. The molecule has 28 heavy (non-hydrogen) atoms. The van der Waals surface area contributed by atoms with Crippen molar-refractivity contribution in [2.45, 2.75) is 13.3 Å². The van der Waals surface area contributed by atoms with Crippen LogP contribution in [0.5, 0.6) is 5.75 Å². The van der Waals surface area contributed by atoms with E-state index in [0.29, 0.717) is 13.0 Å². The highest BCUT2D eigenvalue weighted by Gasteiger charge is 2.16. The Morgan fingerprint density at radius 1 is 1.18 bits per heavy atom. The Labute approximate surface area is 163 Å². The second-order valence-corrected chi connectivity index (χ2v) is 5.76. The summed E-state index contributed by atoms with van der Waals surface area (Å²) in [4.78, 5) is 24.3. The average Bonchev–Trinajstić information content (AvgIpc) is 2.70. The van der Waals surface area contributed by atoms with E-state index in [4.69, 9.17) is 4.74 Å². The molecule has 7 heteroatoms. The van der Waals surface area contributed by atoms with Crippen LogP contribution in [0.4, 0.5) is 5.69 Å². The van der Waals surface area contributed by atoms with E-state index in [0.717, 1.165) is 5.56 Å². The lowest BCUT2D eigenvalue weighted by atomic mass is 10.1. The van der Waals surface area contributed by atoms with Crippen LogP contribution >= 0.6 is 0 Å². The van der Waals surface area contributed by atoms with Crippen molar-refractivity contribution in [3.05, 3.63) is 71.4 Å². The summed E-state index contributed by atoms with van der Waals surface area (Å²) in [5.74, 6) is -0.979. The van der Waals surface area contributed by atoms with Crippen LogP contribution in [0.3, 0.4) is 0 Å². The van der Waals surface area contributed by atoms with Gasteiger partial charge in [0.2, 0.25) is 0 Å². The zero-order chi connectivity index (χ0) is 20.4. The van der Waals surface area contributed by atoms with E-state index in [2.05, 4.69) is 10.6 Å². The average molecular weight is 379 g/mol. The third-order valence-electron chi connectivity index (χ3n) is 3.78. The molecule has 0 aromatic heterocycles. The standard InChI is InChI=1S/C21H21N3O4/c1-2-28-21(27)18-5-3-4-6-19(18)24-20(26)16(13-22)14-23-12-11-15-7-9-17(25)10-8-15/h3-10,14,23,25H,2,11-12H2,1H3,(H,24,26)/b16-14-. The maximum absolute atomic E-state index is 12.4. The summed E-state index contributed by atoms with van der Waals surface area (Å²) in [6, 6.07) is 15.1.